The molecule has 0 bridgehead atoms. The van der Waals surface area contributed by atoms with Crippen LogP contribution in [0.2, 0.25) is 0 Å². The molecule has 1 aromatic heterocycles. The van der Waals surface area contributed by atoms with Crippen LogP contribution >= 0.6 is 0 Å². The molecule has 1 N–H and O–H groups in total. The SMILES string of the molecule is CN1CCN(C(=O)CNC(=O)CCC(=O)c2cccnc2)CC1. The lowest BCUT2D eigenvalue weighted by Gasteiger charge is -2.32. The third-order valence-corrected chi connectivity index (χ3v) is 3.86. The second kappa shape index (κ2) is 8.38. The summed E-state index contributed by atoms with van der Waals surface area (Å²) in [5.74, 6) is -0.492. The number of nitrogens with zero attached hydrogens (tertiary/aromatic N) is 3. The van der Waals surface area contributed by atoms with E-state index in [1.54, 1.807) is 23.2 Å². The molecule has 1 saturated heterocycles. The third kappa shape index (κ3) is 5.45. The van der Waals surface area contributed by atoms with Crippen LogP contribution in [0.5, 0.6) is 0 Å². The number of pyridine rings is 1. The molecule has 1 aliphatic heterocycles. The second-order valence-corrected chi connectivity index (χ2v) is 5.63. The van der Waals surface area contributed by atoms with Gasteiger partial charge in [-0.2, -0.15) is 0 Å². The van der Waals surface area contributed by atoms with Crippen molar-refractivity contribution in [2.45, 2.75) is 12.8 Å². The minimum atomic E-state index is -0.287. The Morgan fingerprint density at radius 1 is 1.17 bits per heavy atom. The molecule has 7 nitrogen and oxygen atoms in total. The van der Waals surface area contributed by atoms with E-state index in [-0.39, 0.29) is 37.0 Å². The Bertz CT molecular complexity index is 554. The number of rotatable bonds is 6. The van der Waals surface area contributed by atoms with Gasteiger partial charge >= 0.3 is 0 Å². The lowest BCUT2D eigenvalue weighted by Crippen LogP contribution is -2.50. The average Bonchev–Trinajstić information content (AvgIpc) is 2.59. The standard InChI is InChI=1S/C16H22N4O3/c1-19-7-9-20(10-8-19)16(23)12-18-15(22)5-4-14(21)13-3-2-6-17-11-13/h2-3,6,11H,4-5,7-10,12H2,1H3,(H,18,22). The van der Waals surface area contributed by atoms with Gasteiger partial charge < -0.3 is 15.1 Å². The lowest BCUT2D eigenvalue weighted by atomic mass is 10.1. The van der Waals surface area contributed by atoms with Crippen molar-refractivity contribution in [3.8, 4) is 0 Å². The summed E-state index contributed by atoms with van der Waals surface area (Å²) in [6.45, 7) is 3.05. The van der Waals surface area contributed by atoms with Crippen LogP contribution in [-0.4, -0.2) is 72.2 Å². The number of carbonyl (C=O) groups is 3. The van der Waals surface area contributed by atoms with Gasteiger partial charge in [-0.05, 0) is 19.2 Å². The number of likely N-dealkylation sites (N-methyl/N-ethyl adjacent to an activating group) is 1. The molecule has 23 heavy (non-hydrogen) atoms. The Hall–Kier alpha value is -2.28. The van der Waals surface area contributed by atoms with Crippen molar-refractivity contribution in [1.82, 2.24) is 20.1 Å². The van der Waals surface area contributed by atoms with Crippen LogP contribution in [0, 0.1) is 0 Å². The Balaban J connectivity index is 1.67. The average molecular weight is 318 g/mol. The first-order valence-electron chi connectivity index (χ1n) is 7.72. The summed E-state index contributed by atoms with van der Waals surface area (Å²) in [4.78, 5) is 43.4. The molecule has 0 aromatic carbocycles. The van der Waals surface area contributed by atoms with Gasteiger partial charge in [-0.3, -0.25) is 19.4 Å². The van der Waals surface area contributed by atoms with Crippen LogP contribution in [0.1, 0.15) is 23.2 Å². The maximum Gasteiger partial charge on any atom is 0.242 e. The first kappa shape index (κ1) is 17.1. The number of hydrogen-bond acceptors (Lipinski definition) is 5. The molecule has 2 rings (SSSR count). The number of aromatic nitrogens is 1. The molecule has 1 fully saturated rings. The van der Waals surface area contributed by atoms with Gasteiger partial charge in [0.2, 0.25) is 11.8 Å². The minimum absolute atomic E-state index is 0.0103. The molecule has 0 aliphatic carbocycles. The van der Waals surface area contributed by atoms with Crippen molar-refractivity contribution < 1.29 is 14.4 Å². The van der Waals surface area contributed by atoms with E-state index in [1.807, 2.05) is 7.05 Å². The van der Waals surface area contributed by atoms with Gasteiger partial charge in [0.15, 0.2) is 5.78 Å². The summed E-state index contributed by atoms with van der Waals surface area (Å²) in [7, 11) is 2.02. The molecule has 1 aliphatic rings. The van der Waals surface area contributed by atoms with Crippen molar-refractivity contribution in [2.24, 2.45) is 0 Å². The van der Waals surface area contributed by atoms with E-state index < -0.39 is 0 Å². The number of piperazine rings is 1. The number of hydrogen-bond donors (Lipinski definition) is 1. The molecule has 2 amide bonds. The maximum atomic E-state index is 12.0. The van der Waals surface area contributed by atoms with Gasteiger partial charge in [0.05, 0.1) is 6.54 Å². The normalized spacial score (nSPS) is 15.3. The summed E-state index contributed by atoms with van der Waals surface area (Å²) >= 11 is 0. The van der Waals surface area contributed by atoms with E-state index in [4.69, 9.17) is 0 Å². The monoisotopic (exact) mass is 318 g/mol. The van der Waals surface area contributed by atoms with E-state index >= 15 is 0 Å². The van der Waals surface area contributed by atoms with Crippen molar-refractivity contribution in [3.63, 3.8) is 0 Å². The van der Waals surface area contributed by atoms with Crippen LogP contribution in [0.25, 0.3) is 0 Å². The predicted molar refractivity (Wildman–Crippen MR) is 84.9 cm³/mol. The Morgan fingerprint density at radius 3 is 2.57 bits per heavy atom. The third-order valence-electron chi connectivity index (χ3n) is 3.86. The van der Waals surface area contributed by atoms with Gasteiger partial charge in [-0.15, -0.1) is 0 Å². The van der Waals surface area contributed by atoms with Crippen LogP contribution in [-0.2, 0) is 9.59 Å². The highest BCUT2D eigenvalue weighted by atomic mass is 16.2. The molecule has 0 saturated carbocycles. The first-order chi connectivity index (χ1) is 11.1. The van der Waals surface area contributed by atoms with Gasteiger partial charge in [0, 0.05) is 57.0 Å². The number of carbonyl (C=O) groups excluding carboxylic acids is 3. The van der Waals surface area contributed by atoms with Gasteiger partial charge in [-0.25, -0.2) is 0 Å². The summed E-state index contributed by atoms with van der Waals surface area (Å²) in [6.07, 6.45) is 3.26. The van der Waals surface area contributed by atoms with Crippen LogP contribution in [0.4, 0.5) is 0 Å². The fourth-order valence-electron chi connectivity index (χ4n) is 2.33. The molecular formula is C16H22N4O3. The van der Waals surface area contributed by atoms with Crippen molar-refractivity contribution in [2.75, 3.05) is 39.8 Å². The summed E-state index contributed by atoms with van der Waals surface area (Å²) < 4.78 is 0. The van der Waals surface area contributed by atoms with Crippen LogP contribution in [0.3, 0.4) is 0 Å². The fraction of sp³-hybridized carbons (Fsp3) is 0.500. The highest BCUT2D eigenvalue weighted by Gasteiger charge is 2.19. The zero-order valence-electron chi connectivity index (χ0n) is 13.3. The maximum absolute atomic E-state index is 12.0. The number of amides is 2. The fourth-order valence-corrected chi connectivity index (χ4v) is 2.33. The number of ketones is 1. The molecule has 0 atom stereocenters. The van der Waals surface area contributed by atoms with Crippen LogP contribution < -0.4 is 5.32 Å². The summed E-state index contributed by atoms with van der Waals surface area (Å²) in [5.41, 5.74) is 0.494. The molecule has 124 valence electrons. The largest absolute Gasteiger partial charge is 0.347 e. The molecule has 0 radical (unpaired) electrons. The summed E-state index contributed by atoms with van der Waals surface area (Å²) in [6, 6.07) is 3.35. The zero-order valence-corrected chi connectivity index (χ0v) is 13.3. The second-order valence-electron chi connectivity index (χ2n) is 5.63. The molecule has 2 heterocycles. The van der Waals surface area contributed by atoms with E-state index in [0.717, 1.165) is 13.1 Å². The van der Waals surface area contributed by atoms with Crippen molar-refractivity contribution in [1.29, 1.82) is 0 Å². The number of nitrogens with one attached hydrogen (secondary N) is 1. The lowest BCUT2D eigenvalue weighted by molar-refractivity contribution is -0.134. The van der Waals surface area contributed by atoms with E-state index in [0.29, 0.717) is 18.7 Å². The van der Waals surface area contributed by atoms with E-state index in [9.17, 15) is 14.4 Å². The van der Waals surface area contributed by atoms with Crippen LogP contribution in [0.15, 0.2) is 24.5 Å². The quantitative estimate of drug-likeness (QED) is 0.743. The Kier molecular flexibility index (Phi) is 6.22. The Morgan fingerprint density at radius 2 is 1.91 bits per heavy atom. The smallest absolute Gasteiger partial charge is 0.242 e. The highest BCUT2D eigenvalue weighted by Crippen LogP contribution is 2.03. The van der Waals surface area contributed by atoms with Gasteiger partial charge in [-0.1, -0.05) is 0 Å². The van der Waals surface area contributed by atoms with Crippen molar-refractivity contribution in [3.05, 3.63) is 30.1 Å². The summed E-state index contributed by atoms with van der Waals surface area (Å²) in [5, 5.41) is 2.59. The highest BCUT2D eigenvalue weighted by molar-refractivity contribution is 5.97. The zero-order chi connectivity index (χ0) is 16.7. The predicted octanol–water partition coefficient (Wildman–Crippen LogP) is -0.0653. The van der Waals surface area contributed by atoms with Gasteiger partial charge in [0.25, 0.3) is 0 Å². The van der Waals surface area contributed by atoms with Crippen molar-refractivity contribution >= 4 is 17.6 Å². The molecule has 0 spiro atoms. The Labute approximate surface area is 135 Å². The van der Waals surface area contributed by atoms with E-state index in [1.165, 1.54) is 6.20 Å². The molecule has 1 aromatic rings. The number of Topliss-reactive ketones (excluding diaryl/α,β-unsaturated/α-hetero) is 1. The van der Waals surface area contributed by atoms with E-state index in [2.05, 4.69) is 15.2 Å². The first-order valence-corrected chi connectivity index (χ1v) is 7.72. The topological polar surface area (TPSA) is 82.6 Å². The molecule has 0 unspecified atom stereocenters. The minimum Gasteiger partial charge on any atom is -0.347 e. The molecular weight excluding hydrogens is 296 g/mol. The van der Waals surface area contributed by atoms with Gasteiger partial charge in [0.1, 0.15) is 0 Å². The molecule has 7 heteroatoms.